The quantitative estimate of drug-likeness (QED) is 0.514. The summed E-state index contributed by atoms with van der Waals surface area (Å²) in [6.45, 7) is 1.91. The van der Waals surface area contributed by atoms with E-state index in [-0.39, 0.29) is 6.04 Å². The summed E-state index contributed by atoms with van der Waals surface area (Å²) in [5.41, 5.74) is 0. The van der Waals surface area contributed by atoms with Crippen molar-refractivity contribution in [2.45, 2.75) is 13.0 Å². The minimum atomic E-state index is -0.0741. The highest BCUT2D eigenvalue weighted by atomic mass is 15.1. The van der Waals surface area contributed by atoms with Gasteiger partial charge in [0, 0.05) is 0 Å². The van der Waals surface area contributed by atoms with Crippen molar-refractivity contribution in [3.8, 4) is 6.07 Å². The molecule has 0 saturated heterocycles. The first-order chi connectivity index (χ1) is 4.22. The van der Waals surface area contributed by atoms with Crippen molar-refractivity contribution in [1.29, 1.82) is 5.26 Å². The molecule has 0 amide bonds. The first kappa shape index (κ1) is 8.19. The van der Waals surface area contributed by atoms with Gasteiger partial charge in [0.2, 0.25) is 0 Å². The van der Waals surface area contributed by atoms with Gasteiger partial charge in [-0.05, 0) is 21.0 Å². The molecule has 0 fully saturated rings. The van der Waals surface area contributed by atoms with Crippen LogP contribution in [0.1, 0.15) is 6.92 Å². The number of hydrogen-bond acceptors (Lipinski definition) is 2. The van der Waals surface area contributed by atoms with Gasteiger partial charge in [0.15, 0.2) is 0 Å². The van der Waals surface area contributed by atoms with E-state index in [4.69, 9.17) is 5.26 Å². The molecule has 2 nitrogen and oxygen atoms in total. The molecule has 0 heterocycles. The molecule has 9 heavy (non-hydrogen) atoms. The van der Waals surface area contributed by atoms with Gasteiger partial charge in [-0.1, -0.05) is 12.2 Å². The fraction of sp³-hybridized carbons (Fsp3) is 0.571. The third kappa shape index (κ3) is 2.89. The zero-order valence-electron chi connectivity index (χ0n) is 6.13. The van der Waals surface area contributed by atoms with Crippen LogP contribution in [-0.4, -0.2) is 25.0 Å². The van der Waals surface area contributed by atoms with E-state index in [1.807, 2.05) is 38.1 Å². The summed E-state index contributed by atoms with van der Waals surface area (Å²) in [4.78, 5) is 1.86. The fourth-order valence-electron chi connectivity index (χ4n) is 0.513. The van der Waals surface area contributed by atoms with Gasteiger partial charge in [-0.25, -0.2) is 0 Å². The molecule has 1 unspecified atom stereocenters. The molecule has 2 heteroatoms. The predicted octanol–water partition coefficient (Wildman–Crippen LogP) is 1.02. The van der Waals surface area contributed by atoms with E-state index < -0.39 is 0 Å². The Morgan fingerprint density at radius 3 is 2.22 bits per heavy atom. The smallest absolute Gasteiger partial charge is 0.116 e. The third-order valence-electron chi connectivity index (χ3n) is 1.06. The maximum Gasteiger partial charge on any atom is 0.116 e. The fourth-order valence-corrected chi connectivity index (χ4v) is 0.513. The van der Waals surface area contributed by atoms with Crippen LogP contribution in [0.15, 0.2) is 12.2 Å². The van der Waals surface area contributed by atoms with Gasteiger partial charge in [0.05, 0.1) is 6.07 Å². The van der Waals surface area contributed by atoms with Crippen molar-refractivity contribution in [2.24, 2.45) is 0 Å². The molecule has 0 bridgehead atoms. The first-order valence-corrected chi connectivity index (χ1v) is 2.91. The Bertz CT molecular complexity index is 130. The van der Waals surface area contributed by atoms with E-state index in [0.29, 0.717) is 0 Å². The van der Waals surface area contributed by atoms with E-state index in [1.165, 1.54) is 0 Å². The van der Waals surface area contributed by atoms with Crippen LogP contribution in [0, 0.1) is 11.3 Å². The van der Waals surface area contributed by atoms with Crippen LogP contribution in [0.4, 0.5) is 0 Å². The lowest BCUT2D eigenvalue weighted by Gasteiger charge is -2.11. The number of hydrogen-bond donors (Lipinski definition) is 0. The van der Waals surface area contributed by atoms with Gasteiger partial charge in [-0.15, -0.1) is 0 Å². The molecule has 0 rings (SSSR count). The van der Waals surface area contributed by atoms with Crippen LogP contribution in [-0.2, 0) is 0 Å². The summed E-state index contributed by atoms with van der Waals surface area (Å²) in [5, 5.41) is 8.48. The van der Waals surface area contributed by atoms with Crippen molar-refractivity contribution in [1.82, 2.24) is 4.90 Å². The average Bonchev–Trinajstić information content (AvgIpc) is 1.82. The Morgan fingerprint density at radius 1 is 1.56 bits per heavy atom. The normalized spacial score (nSPS) is 14.1. The molecule has 50 valence electrons. The summed E-state index contributed by atoms with van der Waals surface area (Å²) in [6.07, 6.45) is 3.74. The summed E-state index contributed by atoms with van der Waals surface area (Å²) >= 11 is 0. The largest absolute Gasteiger partial charge is 0.291 e. The first-order valence-electron chi connectivity index (χ1n) is 2.91. The molecule has 0 aliphatic rings. The summed E-state index contributed by atoms with van der Waals surface area (Å²) < 4.78 is 0. The van der Waals surface area contributed by atoms with Gasteiger partial charge in [0.25, 0.3) is 0 Å². The Morgan fingerprint density at radius 2 is 2.11 bits per heavy atom. The van der Waals surface area contributed by atoms with Crippen LogP contribution in [0.2, 0.25) is 0 Å². The van der Waals surface area contributed by atoms with Gasteiger partial charge in [0.1, 0.15) is 6.04 Å². The standard InChI is InChI=1S/C7H12N2/c1-4-5-7(6-8)9(2)3/h4-5,7H,1-3H3. The Labute approximate surface area is 56.4 Å². The zero-order chi connectivity index (χ0) is 7.28. The zero-order valence-corrected chi connectivity index (χ0v) is 6.13. The molecule has 0 aromatic carbocycles. The summed E-state index contributed by atoms with van der Waals surface area (Å²) in [6, 6.07) is 2.07. The van der Waals surface area contributed by atoms with E-state index >= 15 is 0 Å². The molecule has 0 saturated carbocycles. The van der Waals surface area contributed by atoms with Gasteiger partial charge in [-0.2, -0.15) is 5.26 Å². The molecule has 1 atom stereocenters. The van der Waals surface area contributed by atoms with Crippen molar-refractivity contribution < 1.29 is 0 Å². The van der Waals surface area contributed by atoms with Crippen LogP contribution in [0.5, 0.6) is 0 Å². The SMILES string of the molecule is CC=CC(C#N)N(C)C. The number of rotatable bonds is 2. The average molecular weight is 124 g/mol. The lowest BCUT2D eigenvalue weighted by atomic mass is 10.3. The summed E-state index contributed by atoms with van der Waals surface area (Å²) in [7, 11) is 3.77. The highest BCUT2D eigenvalue weighted by Gasteiger charge is 2.01. The number of allylic oxidation sites excluding steroid dienone is 1. The molecular weight excluding hydrogens is 112 g/mol. The van der Waals surface area contributed by atoms with Gasteiger partial charge in [-0.3, -0.25) is 4.90 Å². The van der Waals surface area contributed by atoms with E-state index in [0.717, 1.165) is 0 Å². The maximum absolute atomic E-state index is 8.48. The monoisotopic (exact) mass is 124 g/mol. The molecule has 0 radical (unpaired) electrons. The van der Waals surface area contributed by atoms with Crippen molar-refractivity contribution in [3.63, 3.8) is 0 Å². The topological polar surface area (TPSA) is 27.0 Å². The number of nitriles is 1. The Hall–Kier alpha value is -0.810. The highest BCUT2D eigenvalue weighted by Crippen LogP contribution is 1.91. The molecular formula is C7H12N2. The predicted molar refractivity (Wildman–Crippen MR) is 37.9 cm³/mol. The minimum absolute atomic E-state index is 0.0741. The van der Waals surface area contributed by atoms with E-state index in [9.17, 15) is 0 Å². The second-order valence-electron chi connectivity index (χ2n) is 2.06. The molecule has 0 spiro atoms. The second-order valence-corrected chi connectivity index (χ2v) is 2.06. The maximum atomic E-state index is 8.48. The number of likely N-dealkylation sites (N-methyl/N-ethyl adjacent to an activating group) is 1. The van der Waals surface area contributed by atoms with E-state index in [2.05, 4.69) is 6.07 Å². The Kier molecular flexibility index (Phi) is 3.74. The third-order valence-corrected chi connectivity index (χ3v) is 1.06. The lowest BCUT2D eigenvalue weighted by Crippen LogP contribution is -2.23. The van der Waals surface area contributed by atoms with Crippen LogP contribution in [0.25, 0.3) is 0 Å². The number of nitrogens with zero attached hydrogens (tertiary/aromatic N) is 2. The van der Waals surface area contributed by atoms with Crippen LogP contribution >= 0.6 is 0 Å². The molecule has 0 aliphatic carbocycles. The van der Waals surface area contributed by atoms with Crippen LogP contribution in [0.3, 0.4) is 0 Å². The molecule has 0 aliphatic heterocycles. The lowest BCUT2D eigenvalue weighted by molar-refractivity contribution is 0.397. The summed E-state index contributed by atoms with van der Waals surface area (Å²) in [5.74, 6) is 0. The highest BCUT2D eigenvalue weighted by molar-refractivity contribution is 5.04. The van der Waals surface area contributed by atoms with Crippen molar-refractivity contribution >= 4 is 0 Å². The molecule has 0 aromatic rings. The molecule has 0 N–H and O–H groups in total. The van der Waals surface area contributed by atoms with E-state index in [1.54, 1.807) is 0 Å². The molecule has 0 aromatic heterocycles. The minimum Gasteiger partial charge on any atom is -0.291 e. The Balaban J connectivity index is 3.87. The van der Waals surface area contributed by atoms with Crippen molar-refractivity contribution in [3.05, 3.63) is 12.2 Å². The van der Waals surface area contributed by atoms with Crippen LogP contribution < -0.4 is 0 Å². The second kappa shape index (κ2) is 4.11. The van der Waals surface area contributed by atoms with Crippen molar-refractivity contribution in [2.75, 3.05) is 14.1 Å². The van der Waals surface area contributed by atoms with Gasteiger partial charge < -0.3 is 0 Å². The van der Waals surface area contributed by atoms with Gasteiger partial charge >= 0.3 is 0 Å².